The molecule has 1 saturated heterocycles. The number of anilines is 2. The van der Waals surface area contributed by atoms with Gasteiger partial charge in [0.1, 0.15) is 11.4 Å². The van der Waals surface area contributed by atoms with Crippen molar-refractivity contribution >= 4 is 11.4 Å². The maximum Gasteiger partial charge on any atom is 0.416 e. The number of hydrogen-bond acceptors (Lipinski definition) is 5. The molecule has 3 saturated carbocycles. The summed E-state index contributed by atoms with van der Waals surface area (Å²) in [4.78, 5) is 8.84. The first-order valence-corrected chi connectivity index (χ1v) is 10.9. The number of alkyl halides is 3. The zero-order valence-electron chi connectivity index (χ0n) is 17.9. The molecule has 0 spiro atoms. The SMILES string of the molecule is COc1ccncc1N(c1ccc(C(F)(F)F)cc1)C1CCN(C23CC(C#N)(C2)C3)CC1. The molecular formula is C24H25F3N4O. The summed E-state index contributed by atoms with van der Waals surface area (Å²) < 4.78 is 44.8. The zero-order valence-corrected chi connectivity index (χ0v) is 17.9. The van der Waals surface area contributed by atoms with Crippen LogP contribution in [0.3, 0.4) is 0 Å². The molecule has 1 aliphatic heterocycles. The number of halogens is 3. The first kappa shape index (κ1) is 21.1. The highest BCUT2D eigenvalue weighted by Gasteiger charge is 2.70. The standard InChI is InChI=1S/C24H25F3N4O/c1-32-21-6-9-29-12-20(21)31(18-4-2-17(3-5-18)24(25,26)27)19-7-10-30(11-8-19)23-13-22(14-23,15-23)16-28/h2-6,9,12,19H,7-8,10-11,13-15H2,1H3. The third-order valence-corrected chi connectivity index (χ3v) is 7.45. The van der Waals surface area contributed by atoms with Crippen LogP contribution in [-0.2, 0) is 6.18 Å². The van der Waals surface area contributed by atoms with Gasteiger partial charge in [0.2, 0.25) is 0 Å². The molecule has 1 aromatic heterocycles. The lowest BCUT2D eigenvalue weighted by molar-refractivity contribution is -0.192. The van der Waals surface area contributed by atoms with E-state index in [2.05, 4.69) is 20.9 Å². The minimum absolute atomic E-state index is 0.0772. The molecule has 3 aliphatic carbocycles. The van der Waals surface area contributed by atoms with Gasteiger partial charge in [0.05, 0.1) is 30.4 Å². The molecule has 5 nitrogen and oxygen atoms in total. The van der Waals surface area contributed by atoms with Gasteiger partial charge in [-0.25, -0.2) is 0 Å². The molecule has 0 radical (unpaired) electrons. The summed E-state index contributed by atoms with van der Waals surface area (Å²) in [6, 6.07) is 9.66. The molecule has 4 fully saturated rings. The molecule has 0 unspecified atom stereocenters. The molecule has 0 atom stereocenters. The molecule has 0 amide bonds. The third kappa shape index (κ3) is 3.30. The van der Waals surface area contributed by atoms with Crippen LogP contribution in [0.2, 0.25) is 0 Å². The Labute approximate surface area is 185 Å². The largest absolute Gasteiger partial charge is 0.494 e. The molecule has 6 rings (SSSR count). The number of likely N-dealkylation sites (tertiary alicyclic amines) is 1. The summed E-state index contributed by atoms with van der Waals surface area (Å²) in [5.41, 5.74) is 0.904. The monoisotopic (exact) mass is 442 g/mol. The molecule has 32 heavy (non-hydrogen) atoms. The average Bonchev–Trinajstić information content (AvgIpc) is 2.74. The average molecular weight is 442 g/mol. The fourth-order valence-corrected chi connectivity index (χ4v) is 5.87. The van der Waals surface area contributed by atoms with Crippen molar-refractivity contribution in [2.75, 3.05) is 25.1 Å². The lowest BCUT2D eigenvalue weighted by atomic mass is 9.39. The summed E-state index contributed by atoms with van der Waals surface area (Å²) in [5.74, 6) is 0.637. The van der Waals surface area contributed by atoms with Crippen LogP contribution in [0.25, 0.3) is 0 Å². The normalized spacial score (nSPS) is 27.7. The van der Waals surface area contributed by atoms with E-state index in [1.54, 1.807) is 25.6 Å². The van der Waals surface area contributed by atoms with Gasteiger partial charge >= 0.3 is 6.18 Å². The Balaban J connectivity index is 1.39. The lowest BCUT2D eigenvalue weighted by Crippen LogP contribution is -2.75. The Morgan fingerprint density at radius 3 is 2.34 bits per heavy atom. The van der Waals surface area contributed by atoms with Crippen molar-refractivity contribution in [2.24, 2.45) is 5.41 Å². The van der Waals surface area contributed by atoms with Crippen LogP contribution in [-0.4, -0.2) is 41.7 Å². The van der Waals surface area contributed by atoms with Crippen molar-refractivity contribution in [1.82, 2.24) is 9.88 Å². The molecule has 8 heteroatoms. The Kier molecular flexibility index (Phi) is 4.86. The van der Waals surface area contributed by atoms with Crippen LogP contribution in [0.5, 0.6) is 5.75 Å². The van der Waals surface area contributed by atoms with Gasteiger partial charge in [0.15, 0.2) is 0 Å². The highest BCUT2D eigenvalue weighted by Crippen LogP contribution is 2.69. The maximum absolute atomic E-state index is 13.1. The molecule has 1 aromatic carbocycles. The van der Waals surface area contributed by atoms with Crippen LogP contribution in [0.15, 0.2) is 42.7 Å². The second-order valence-corrected chi connectivity index (χ2v) is 9.33. The van der Waals surface area contributed by atoms with Crippen LogP contribution in [0, 0.1) is 16.7 Å². The number of aromatic nitrogens is 1. The molecule has 2 heterocycles. The van der Waals surface area contributed by atoms with E-state index in [1.807, 2.05) is 0 Å². The first-order valence-electron chi connectivity index (χ1n) is 10.9. The van der Waals surface area contributed by atoms with Crippen molar-refractivity contribution < 1.29 is 17.9 Å². The summed E-state index contributed by atoms with van der Waals surface area (Å²) >= 11 is 0. The second kappa shape index (κ2) is 7.38. The van der Waals surface area contributed by atoms with Gasteiger partial charge in [-0.15, -0.1) is 0 Å². The van der Waals surface area contributed by atoms with Crippen molar-refractivity contribution in [3.8, 4) is 11.8 Å². The van der Waals surface area contributed by atoms with Crippen molar-refractivity contribution in [3.63, 3.8) is 0 Å². The fraction of sp³-hybridized carbons (Fsp3) is 0.500. The van der Waals surface area contributed by atoms with E-state index >= 15 is 0 Å². The van der Waals surface area contributed by atoms with Crippen LogP contribution in [0.1, 0.15) is 37.7 Å². The molecule has 168 valence electrons. The van der Waals surface area contributed by atoms with Crippen molar-refractivity contribution in [1.29, 1.82) is 5.26 Å². The summed E-state index contributed by atoms with van der Waals surface area (Å²) in [6.07, 6.45) is 3.65. The number of benzene rings is 1. The predicted molar refractivity (Wildman–Crippen MR) is 114 cm³/mol. The van der Waals surface area contributed by atoms with Gasteiger partial charge in [-0.2, -0.15) is 18.4 Å². The van der Waals surface area contributed by atoms with E-state index < -0.39 is 11.7 Å². The maximum atomic E-state index is 13.1. The van der Waals surface area contributed by atoms with Gasteiger partial charge < -0.3 is 9.64 Å². The van der Waals surface area contributed by atoms with Gasteiger partial charge in [0.25, 0.3) is 0 Å². The van der Waals surface area contributed by atoms with Gasteiger partial charge in [0, 0.05) is 42.6 Å². The predicted octanol–water partition coefficient (Wildman–Crippen LogP) is 5.16. The first-order chi connectivity index (χ1) is 15.3. The smallest absolute Gasteiger partial charge is 0.416 e. The van der Waals surface area contributed by atoms with E-state index in [1.165, 1.54) is 12.1 Å². The van der Waals surface area contributed by atoms with Crippen molar-refractivity contribution in [2.45, 2.75) is 49.9 Å². The molecule has 2 aromatic rings. The number of hydrogen-bond donors (Lipinski definition) is 0. The summed E-state index contributed by atoms with van der Waals surface area (Å²) in [5, 5.41) is 9.32. The molecule has 2 bridgehead atoms. The number of ether oxygens (including phenoxy) is 1. The summed E-state index contributed by atoms with van der Waals surface area (Å²) in [6.45, 7) is 1.82. The Morgan fingerprint density at radius 1 is 1.12 bits per heavy atom. The van der Waals surface area contributed by atoms with E-state index in [0.29, 0.717) is 11.4 Å². The number of rotatable bonds is 5. The van der Waals surface area contributed by atoms with E-state index in [-0.39, 0.29) is 17.0 Å². The topological polar surface area (TPSA) is 52.4 Å². The molecule has 0 N–H and O–H groups in total. The van der Waals surface area contributed by atoms with Crippen molar-refractivity contribution in [3.05, 3.63) is 48.3 Å². The van der Waals surface area contributed by atoms with Gasteiger partial charge in [-0.05, 0) is 56.4 Å². The van der Waals surface area contributed by atoms with Gasteiger partial charge in [-0.1, -0.05) is 0 Å². The molecule has 4 aliphatic rings. The Morgan fingerprint density at radius 2 is 1.78 bits per heavy atom. The minimum atomic E-state index is -4.37. The van der Waals surface area contributed by atoms with Crippen LogP contribution < -0.4 is 9.64 Å². The van der Waals surface area contributed by atoms with E-state index in [0.717, 1.165) is 63.0 Å². The number of nitriles is 1. The quantitative estimate of drug-likeness (QED) is 0.641. The second-order valence-electron chi connectivity index (χ2n) is 9.33. The fourth-order valence-electron chi connectivity index (χ4n) is 5.87. The number of nitrogens with zero attached hydrogens (tertiary/aromatic N) is 4. The summed E-state index contributed by atoms with van der Waals surface area (Å²) in [7, 11) is 1.58. The molecular weight excluding hydrogens is 417 g/mol. The highest BCUT2D eigenvalue weighted by atomic mass is 19.4. The Bertz CT molecular complexity index is 1020. The van der Waals surface area contributed by atoms with Gasteiger partial charge in [-0.3, -0.25) is 9.88 Å². The Hall–Kier alpha value is -2.79. The number of methoxy groups -OCH3 is 1. The van der Waals surface area contributed by atoms with Crippen LogP contribution >= 0.6 is 0 Å². The number of piperidine rings is 1. The van der Waals surface area contributed by atoms with Crippen LogP contribution in [0.4, 0.5) is 24.5 Å². The number of pyridine rings is 1. The minimum Gasteiger partial charge on any atom is -0.494 e. The van der Waals surface area contributed by atoms with E-state index in [4.69, 9.17) is 4.74 Å². The lowest BCUT2D eigenvalue weighted by Gasteiger charge is -2.71. The third-order valence-electron chi connectivity index (χ3n) is 7.45. The van der Waals surface area contributed by atoms with E-state index in [9.17, 15) is 18.4 Å². The highest BCUT2D eigenvalue weighted by molar-refractivity contribution is 5.69. The zero-order chi connectivity index (χ0) is 22.6.